The van der Waals surface area contributed by atoms with Crippen molar-refractivity contribution in [1.82, 2.24) is 0 Å². The minimum absolute atomic E-state index is 0. The van der Waals surface area contributed by atoms with Crippen molar-refractivity contribution in [3.05, 3.63) is 0 Å². The maximum Gasteiger partial charge on any atom is 2.00 e. The van der Waals surface area contributed by atoms with E-state index in [0.717, 1.165) is 32.1 Å². The minimum Gasteiger partial charge on any atom is -1.00 e. The van der Waals surface area contributed by atoms with Gasteiger partial charge in [-0.25, -0.2) is 0 Å². The number of carboxylic acids is 1. The molecule has 0 aliphatic heterocycles. The van der Waals surface area contributed by atoms with Crippen LogP contribution in [0.5, 0.6) is 0 Å². The molecule has 1 amide bonds. The smallest absolute Gasteiger partial charge is 1.00 e. The molecular formula is C18H39CaNO3. The third-order valence-electron chi connectivity index (χ3n) is 3.52. The maximum absolute atomic E-state index is 10.4. The summed E-state index contributed by atoms with van der Waals surface area (Å²) in [6.45, 7) is 4.30. The molecule has 0 fully saturated rings. The average molecular weight is 358 g/mol. The largest absolute Gasteiger partial charge is 2.00 e. The molecule has 5 heteroatoms. The molecule has 0 aromatic rings. The summed E-state index contributed by atoms with van der Waals surface area (Å²) in [5.41, 5.74) is 5.05. The van der Waals surface area contributed by atoms with Crippen LogP contribution in [0.3, 0.4) is 0 Å². The van der Waals surface area contributed by atoms with Crippen LogP contribution in [0.2, 0.25) is 0 Å². The Morgan fingerprint density at radius 2 is 1.09 bits per heavy atom. The Kier molecular flexibility index (Phi) is 29.8. The Hall–Kier alpha value is 0.200. The zero-order valence-corrected chi connectivity index (χ0v) is 17.7. The van der Waals surface area contributed by atoms with E-state index in [0.29, 0.717) is 12.8 Å². The van der Waals surface area contributed by atoms with Gasteiger partial charge in [0.15, 0.2) is 0 Å². The number of hydrogen-bond acceptors (Lipinski definition) is 2. The molecule has 0 atom stereocenters. The third-order valence-corrected chi connectivity index (χ3v) is 3.52. The molecular weight excluding hydrogens is 318 g/mol. The van der Waals surface area contributed by atoms with E-state index < -0.39 is 5.97 Å². The Morgan fingerprint density at radius 3 is 1.48 bits per heavy atom. The van der Waals surface area contributed by atoms with E-state index in [2.05, 4.69) is 13.8 Å². The Bertz CT molecular complexity index is 271. The van der Waals surface area contributed by atoms with Crippen molar-refractivity contribution in [2.24, 2.45) is 5.73 Å². The molecule has 3 N–H and O–H groups in total. The number of carboxylic acid groups (broad SMARTS) is 1. The first-order valence-electron chi connectivity index (χ1n) is 9.04. The summed E-state index contributed by atoms with van der Waals surface area (Å²) in [7, 11) is 0. The molecule has 0 saturated carbocycles. The van der Waals surface area contributed by atoms with Crippen LogP contribution in [0.15, 0.2) is 0 Å². The van der Waals surface area contributed by atoms with Crippen molar-refractivity contribution >= 4 is 49.6 Å². The molecule has 0 heterocycles. The van der Waals surface area contributed by atoms with E-state index in [-0.39, 0.29) is 46.5 Å². The molecule has 0 aliphatic rings. The number of primary amides is 1. The van der Waals surface area contributed by atoms with Gasteiger partial charge in [-0.3, -0.25) is 9.59 Å². The number of carbonyl (C=O) groups excluding carboxylic acids is 1. The predicted octanol–water partition coefficient (Wildman–Crippen LogP) is 4.89. The van der Waals surface area contributed by atoms with Crippen molar-refractivity contribution in [2.75, 3.05) is 0 Å². The molecule has 136 valence electrons. The summed E-state index contributed by atoms with van der Waals surface area (Å²) in [5, 5.41) is 8.14. The van der Waals surface area contributed by atoms with Gasteiger partial charge in [-0.2, -0.15) is 0 Å². The monoisotopic (exact) mass is 357 g/mol. The first kappa shape index (κ1) is 28.0. The number of nitrogens with two attached hydrogens (primary N) is 1. The zero-order valence-electron chi connectivity index (χ0n) is 17.4. The van der Waals surface area contributed by atoms with Gasteiger partial charge in [0.25, 0.3) is 0 Å². The van der Waals surface area contributed by atoms with Crippen LogP contribution < -0.4 is 5.73 Å². The fourth-order valence-electron chi connectivity index (χ4n) is 2.14. The topological polar surface area (TPSA) is 80.4 Å². The summed E-state index contributed by atoms with van der Waals surface area (Å²) in [6.07, 6.45) is 15.4. The van der Waals surface area contributed by atoms with E-state index >= 15 is 0 Å². The van der Waals surface area contributed by atoms with E-state index in [1.165, 1.54) is 44.9 Å². The first-order valence-corrected chi connectivity index (χ1v) is 9.04. The van der Waals surface area contributed by atoms with Crippen LogP contribution in [0.25, 0.3) is 0 Å². The van der Waals surface area contributed by atoms with Gasteiger partial charge in [-0.05, 0) is 12.8 Å². The fourth-order valence-corrected chi connectivity index (χ4v) is 2.14. The number of carbonyl (C=O) groups is 2. The third kappa shape index (κ3) is 34.5. The van der Waals surface area contributed by atoms with Gasteiger partial charge in [0.05, 0.1) is 0 Å². The summed E-state index contributed by atoms with van der Waals surface area (Å²) in [4.78, 5) is 20.3. The molecule has 0 aromatic carbocycles. The molecule has 4 nitrogen and oxygen atoms in total. The van der Waals surface area contributed by atoms with Crippen LogP contribution >= 0.6 is 0 Å². The second kappa shape index (κ2) is 24.5. The summed E-state index contributed by atoms with van der Waals surface area (Å²) >= 11 is 0. The molecule has 0 saturated heterocycles. The Balaban J connectivity index is -0.000000106. The van der Waals surface area contributed by atoms with Gasteiger partial charge in [0, 0.05) is 12.8 Å². The predicted molar refractivity (Wildman–Crippen MR) is 101 cm³/mol. The van der Waals surface area contributed by atoms with Crippen LogP contribution in [-0.4, -0.2) is 54.7 Å². The molecule has 0 spiro atoms. The van der Waals surface area contributed by atoms with Crippen LogP contribution in [-0.2, 0) is 9.59 Å². The van der Waals surface area contributed by atoms with Crippen molar-refractivity contribution in [2.45, 2.75) is 104 Å². The number of aliphatic carboxylic acids is 1. The molecule has 0 bridgehead atoms. The maximum atomic E-state index is 10.4. The summed E-state index contributed by atoms with van der Waals surface area (Å²) in [6, 6.07) is 0. The summed E-state index contributed by atoms with van der Waals surface area (Å²) in [5.74, 6) is -0.841. The summed E-state index contributed by atoms with van der Waals surface area (Å²) < 4.78 is 0. The van der Waals surface area contributed by atoms with Crippen molar-refractivity contribution < 1.29 is 17.5 Å². The molecule has 0 rings (SSSR count). The van der Waals surface area contributed by atoms with Crippen molar-refractivity contribution in [3.8, 4) is 0 Å². The van der Waals surface area contributed by atoms with Crippen LogP contribution in [0, 0.1) is 0 Å². The molecule has 23 heavy (non-hydrogen) atoms. The van der Waals surface area contributed by atoms with Gasteiger partial charge in [-0.1, -0.05) is 78.1 Å². The normalized spacial score (nSPS) is 9.48. The second-order valence-corrected chi connectivity index (χ2v) is 5.90. The van der Waals surface area contributed by atoms with Crippen LogP contribution in [0.4, 0.5) is 0 Å². The van der Waals surface area contributed by atoms with Crippen LogP contribution in [0.1, 0.15) is 107 Å². The molecule has 0 radical (unpaired) electrons. The Morgan fingerprint density at radius 1 is 0.739 bits per heavy atom. The van der Waals surface area contributed by atoms with Crippen molar-refractivity contribution in [1.29, 1.82) is 0 Å². The number of hydrogen-bond donors (Lipinski definition) is 2. The van der Waals surface area contributed by atoms with E-state index in [9.17, 15) is 9.59 Å². The number of rotatable bonds is 14. The van der Waals surface area contributed by atoms with E-state index in [1.807, 2.05) is 0 Å². The fraction of sp³-hybridized carbons (Fsp3) is 0.889. The van der Waals surface area contributed by atoms with Gasteiger partial charge < -0.3 is 13.7 Å². The van der Waals surface area contributed by atoms with Gasteiger partial charge in [0.1, 0.15) is 0 Å². The quantitative estimate of drug-likeness (QED) is 0.343. The molecule has 0 unspecified atom stereocenters. The molecule has 0 aromatic heterocycles. The van der Waals surface area contributed by atoms with Gasteiger partial charge >= 0.3 is 43.7 Å². The molecule has 0 aliphatic carbocycles. The number of unbranched alkanes of at least 4 members (excludes halogenated alkanes) is 10. The average Bonchev–Trinajstić information content (AvgIpc) is 2.46. The Labute approximate surface area is 175 Å². The first-order chi connectivity index (χ1) is 10.5. The zero-order chi connectivity index (χ0) is 17.1. The number of amides is 1. The second-order valence-electron chi connectivity index (χ2n) is 5.90. The van der Waals surface area contributed by atoms with E-state index in [4.69, 9.17) is 10.8 Å². The van der Waals surface area contributed by atoms with Gasteiger partial charge in [0.2, 0.25) is 5.91 Å². The minimum atomic E-state index is -0.682. The van der Waals surface area contributed by atoms with E-state index in [1.54, 1.807) is 0 Å². The van der Waals surface area contributed by atoms with Gasteiger partial charge in [-0.15, -0.1) is 0 Å². The van der Waals surface area contributed by atoms with Crippen molar-refractivity contribution in [3.63, 3.8) is 0 Å². The SMILES string of the molecule is CCCCCC(=O)O.CCCCCCCCCCCC(N)=O.[Ca+2].[H-].[H-]. The standard InChI is InChI=1S/C12H25NO.C6H12O2.Ca.2H/c1-2-3-4-5-6-7-8-9-10-11-12(13)14;1-2-3-4-5-6(7)8;;;/h2-11H2,1H3,(H2,13,14);2-5H2,1H3,(H,7,8);;;/q;;+2;2*-1.